The first-order chi connectivity index (χ1) is 8.79. The van der Waals surface area contributed by atoms with E-state index in [1.807, 2.05) is 0 Å². The SMILES string of the molecule is OC1CCC2CN(Cc3cn4ccsc4n3)CC12. The molecule has 0 spiro atoms. The number of imidazole rings is 1. The second kappa shape index (κ2) is 4.05. The van der Waals surface area contributed by atoms with Crippen molar-refractivity contribution in [2.24, 2.45) is 11.8 Å². The Morgan fingerprint density at radius 3 is 3.17 bits per heavy atom. The third kappa shape index (κ3) is 1.69. The summed E-state index contributed by atoms with van der Waals surface area (Å²) in [5, 5.41) is 12.0. The van der Waals surface area contributed by atoms with Gasteiger partial charge in [-0.25, -0.2) is 4.98 Å². The number of likely N-dealkylation sites (tertiary alicyclic amines) is 1. The third-order valence-electron chi connectivity index (χ3n) is 4.42. The molecule has 0 aromatic carbocycles. The number of aliphatic hydroxyl groups excluding tert-OH is 1. The molecule has 3 atom stereocenters. The fraction of sp³-hybridized carbons (Fsp3) is 0.615. The minimum atomic E-state index is -0.0644. The van der Waals surface area contributed by atoms with Crippen molar-refractivity contribution in [1.82, 2.24) is 14.3 Å². The number of hydrogen-bond donors (Lipinski definition) is 1. The fourth-order valence-electron chi connectivity index (χ4n) is 3.54. The lowest BCUT2D eigenvalue weighted by Gasteiger charge is -2.16. The Bertz CT molecular complexity index is 535. The molecular weight excluding hydrogens is 246 g/mol. The van der Waals surface area contributed by atoms with Crippen LogP contribution in [0.5, 0.6) is 0 Å². The summed E-state index contributed by atoms with van der Waals surface area (Å²) in [4.78, 5) is 8.15. The third-order valence-corrected chi connectivity index (χ3v) is 5.19. The Kier molecular flexibility index (Phi) is 2.46. The monoisotopic (exact) mass is 263 g/mol. The van der Waals surface area contributed by atoms with Crippen LogP contribution in [-0.4, -0.2) is 38.6 Å². The Morgan fingerprint density at radius 2 is 2.33 bits per heavy atom. The van der Waals surface area contributed by atoms with Crippen LogP contribution in [0.2, 0.25) is 0 Å². The Labute approximate surface area is 110 Å². The Balaban J connectivity index is 1.48. The van der Waals surface area contributed by atoms with Gasteiger partial charge in [0, 0.05) is 43.3 Å². The van der Waals surface area contributed by atoms with Crippen LogP contribution in [0.1, 0.15) is 18.5 Å². The molecule has 5 heteroatoms. The van der Waals surface area contributed by atoms with Gasteiger partial charge in [0.1, 0.15) is 0 Å². The molecule has 3 heterocycles. The Morgan fingerprint density at radius 1 is 1.39 bits per heavy atom. The molecule has 4 nitrogen and oxygen atoms in total. The first-order valence-corrected chi connectivity index (χ1v) is 7.49. The van der Waals surface area contributed by atoms with Gasteiger partial charge in [0.2, 0.25) is 0 Å². The van der Waals surface area contributed by atoms with Crippen molar-refractivity contribution in [2.45, 2.75) is 25.5 Å². The summed E-state index contributed by atoms with van der Waals surface area (Å²) in [6.07, 6.45) is 6.31. The molecule has 2 fully saturated rings. The van der Waals surface area contributed by atoms with E-state index in [2.05, 4.69) is 32.1 Å². The maximum absolute atomic E-state index is 9.92. The van der Waals surface area contributed by atoms with Crippen LogP contribution < -0.4 is 0 Å². The van der Waals surface area contributed by atoms with E-state index < -0.39 is 0 Å². The predicted octanol–water partition coefficient (Wildman–Crippen LogP) is 1.60. The van der Waals surface area contributed by atoms with E-state index in [1.165, 1.54) is 6.42 Å². The first kappa shape index (κ1) is 11.0. The summed E-state index contributed by atoms with van der Waals surface area (Å²) < 4.78 is 2.09. The zero-order valence-electron chi connectivity index (χ0n) is 10.2. The lowest BCUT2D eigenvalue weighted by molar-refractivity contribution is 0.123. The van der Waals surface area contributed by atoms with Gasteiger partial charge in [0.15, 0.2) is 4.96 Å². The molecule has 1 saturated carbocycles. The van der Waals surface area contributed by atoms with Crippen molar-refractivity contribution >= 4 is 16.3 Å². The number of rotatable bonds is 2. The first-order valence-electron chi connectivity index (χ1n) is 6.61. The van der Waals surface area contributed by atoms with Crippen molar-refractivity contribution in [3.8, 4) is 0 Å². The van der Waals surface area contributed by atoms with Crippen LogP contribution >= 0.6 is 11.3 Å². The van der Waals surface area contributed by atoms with Crippen molar-refractivity contribution in [3.63, 3.8) is 0 Å². The van der Waals surface area contributed by atoms with Gasteiger partial charge in [0.25, 0.3) is 0 Å². The van der Waals surface area contributed by atoms with Crippen LogP contribution in [0.3, 0.4) is 0 Å². The number of aromatic nitrogens is 2. The summed E-state index contributed by atoms with van der Waals surface area (Å²) in [5.41, 5.74) is 1.15. The van der Waals surface area contributed by atoms with Crippen LogP contribution in [0, 0.1) is 11.8 Å². The van der Waals surface area contributed by atoms with Crippen molar-refractivity contribution in [3.05, 3.63) is 23.5 Å². The highest BCUT2D eigenvalue weighted by atomic mass is 32.1. The topological polar surface area (TPSA) is 40.8 Å². The Hall–Kier alpha value is -0.910. The molecular formula is C13H17N3OS. The molecule has 2 aromatic rings. The number of nitrogens with zero attached hydrogens (tertiary/aromatic N) is 3. The minimum absolute atomic E-state index is 0.0644. The van der Waals surface area contributed by atoms with E-state index in [0.717, 1.165) is 36.7 Å². The maximum atomic E-state index is 9.92. The van der Waals surface area contributed by atoms with Crippen molar-refractivity contribution in [1.29, 1.82) is 0 Å². The summed E-state index contributed by atoms with van der Waals surface area (Å²) in [7, 11) is 0. The maximum Gasteiger partial charge on any atom is 0.193 e. The average molecular weight is 263 g/mol. The van der Waals surface area contributed by atoms with Crippen molar-refractivity contribution in [2.75, 3.05) is 13.1 Å². The van der Waals surface area contributed by atoms with Crippen molar-refractivity contribution < 1.29 is 5.11 Å². The largest absolute Gasteiger partial charge is 0.393 e. The smallest absolute Gasteiger partial charge is 0.193 e. The normalized spacial score (nSPS) is 32.4. The van der Waals surface area contributed by atoms with Gasteiger partial charge >= 0.3 is 0 Å². The molecule has 1 N–H and O–H groups in total. The predicted molar refractivity (Wildman–Crippen MR) is 70.6 cm³/mol. The summed E-state index contributed by atoms with van der Waals surface area (Å²) in [6.45, 7) is 3.10. The molecule has 1 saturated heterocycles. The number of hydrogen-bond acceptors (Lipinski definition) is 4. The summed E-state index contributed by atoms with van der Waals surface area (Å²) in [5.74, 6) is 1.22. The molecule has 3 unspecified atom stereocenters. The lowest BCUT2D eigenvalue weighted by atomic mass is 10.00. The van der Waals surface area contributed by atoms with E-state index in [1.54, 1.807) is 11.3 Å². The van der Waals surface area contributed by atoms with Gasteiger partial charge in [-0.1, -0.05) is 0 Å². The molecule has 18 heavy (non-hydrogen) atoms. The standard InChI is InChI=1S/C13H17N3OS/c17-12-2-1-9-5-15(8-11(9)12)6-10-7-16-3-4-18-13(16)14-10/h3-4,7,9,11-12,17H,1-2,5-6,8H2. The second-order valence-corrected chi connectivity index (χ2v) is 6.46. The number of aliphatic hydroxyl groups is 1. The zero-order chi connectivity index (χ0) is 12.1. The molecule has 1 aliphatic carbocycles. The van der Waals surface area contributed by atoms with E-state index in [4.69, 9.17) is 0 Å². The van der Waals surface area contributed by atoms with Crippen LogP contribution in [0.25, 0.3) is 4.96 Å². The highest BCUT2D eigenvalue weighted by Crippen LogP contribution is 2.38. The molecule has 1 aliphatic heterocycles. The molecule has 4 rings (SSSR count). The van der Waals surface area contributed by atoms with E-state index in [0.29, 0.717) is 11.8 Å². The molecule has 0 bridgehead atoms. The molecule has 96 valence electrons. The summed E-state index contributed by atoms with van der Waals surface area (Å²) >= 11 is 1.68. The number of fused-ring (bicyclic) bond motifs is 2. The summed E-state index contributed by atoms with van der Waals surface area (Å²) in [6, 6.07) is 0. The average Bonchev–Trinajstić information content (AvgIpc) is 3.02. The zero-order valence-corrected chi connectivity index (χ0v) is 11.0. The second-order valence-electron chi connectivity index (χ2n) is 5.59. The van der Waals surface area contributed by atoms with Crippen LogP contribution in [0.15, 0.2) is 17.8 Å². The number of thiazole rings is 1. The van der Waals surface area contributed by atoms with Gasteiger partial charge < -0.3 is 5.11 Å². The highest BCUT2D eigenvalue weighted by Gasteiger charge is 2.41. The quantitative estimate of drug-likeness (QED) is 0.894. The van der Waals surface area contributed by atoms with Gasteiger partial charge in [-0.2, -0.15) is 0 Å². The van der Waals surface area contributed by atoms with Gasteiger partial charge in [0.05, 0.1) is 11.8 Å². The molecule has 0 radical (unpaired) electrons. The van der Waals surface area contributed by atoms with Gasteiger partial charge in [-0.3, -0.25) is 9.30 Å². The van der Waals surface area contributed by atoms with E-state index >= 15 is 0 Å². The lowest BCUT2D eigenvalue weighted by Crippen LogP contribution is -2.24. The van der Waals surface area contributed by atoms with E-state index in [9.17, 15) is 5.11 Å². The van der Waals surface area contributed by atoms with Gasteiger partial charge in [-0.15, -0.1) is 11.3 Å². The molecule has 0 amide bonds. The highest BCUT2D eigenvalue weighted by molar-refractivity contribution is 7.15. The minimum Gasteiger partial charge on any atom is -0.393 e. The molecule has 2 aromatic heterocycles. The van der Waals surface area contributed by atoms with Crippen LogP contribution in [0.4, 0.5) is 0 Å². The van der Waals surface area contributed by atoms with Crippen LogP contribution in [-0.2, 0) is 6.54 Å². The van der Waals surface area contributed by atoms with E-state index in [-0.39, 0.29) is 6.10 Å². The molecule has 2 aliphatic rings. The fourth-order valence-corrected chi connectivity index (χ4v) is 4.26. The van der Waals surface area contributed by atoms with Gasteiger partial charge in [-0.05, 0) is 18.8 Å².